The van der Waals surface area contributed by atoms with Gasteiger partial charge in [-0.05, 0) is 48.9 Å². The number of aliphatic hydroxyl groups is 1. The lowest BCUT2D eigenvalue weighted by atomic mass is 9.98. The fraction of sp³-hybridized carbons (Fsp3) is 0.375. The van der Waals surface area contributed by atoms with Crippen molar-refractivity contribution in [2.75, 3.05) is 0 Å². The molecule has 0 aliphatic heterocycles. The first-order chi connectivity index (χ1) is 9.65. The number of aryl methyl sites for hydroxylation is 2. The number of aliphatic hydroxyl groups excluding tert-OH is 1. The van der Waals surface area contributed by atoms with E-state index in [4.69, 9.17) is 11.6 Å². The second kappa shape index (κ2) is 5.84. The van der Waals surface area contributed by atoms with Crippen LogP contribution in [0.4, 0.5) is 4.39 Å². The van der Waals surface area contributed by atoms with Gasteiger partial charge in [-0.3, -0.25) is 0 Å². The summed E-state index contributed by atoms with van der Waals surface area (Å²) in [6.07, 6.45) is 4.28. The van der Waals surface area contributed by atoms with Crippen LogP contribution in [0.1, 0.15) is 39.8 Å². The third kappa shape index (κ3) is 2.76. The number of fused-ring (bicyclic) bond motifs is 1. The van der Waals surface area contributed by atoms with Gasteiger partial charge in [0, 0.05) is 16.2 Å². The molecule has 2 aromatic rings. The van der Waals surface area contributed by atoms with Crippen molar-refractivity contribution in [3.63, 3.8) is 0 Å². The number of hydrogen-bond donors (Lipinski definition) is 1. The van der Waals surface area contributed by atoms with E-state index in [1.807, 2.05) is 0 Å². The molecule has 20 heavy (non-hydrogen) atoms. The van der Waals surface area contributed by atoms with Crippen molar-refractivity contribution in [3.8, 4) is 0 Å². The molecule has 106 valence electrons. The fourth-order valence-electron chi connectivity index (χ4n) is 2.69. The summed E-state index contributed by atoms with van der Waals surface area (Å²) in [6, 6.07) is 7.01. The third-order valence-corrected chi connectivity index (χ3v) is 5.42. The molecule has 4 heteroatoms. The predicted molar refractivity (Wildman–Crippen MR) is 81.0 cm³/mol. The van der Waals surface area contributed by atoms with Crippen LogP contribution < -0.4 is 0 Å². The maximum absolute atomic E-state index is 13.9. The number of halogens is 2. The van der Waals surface area contributed by atoms with Gasteiger partial charge in [0.1, 0.15) is 5.82 Å². The van der Waals surface area contributed by atoms with Gasteiger partial charge in [0.25, 0.3) is 0 Å². The van der Waals surface area contributed by atoms with E-state index in [-0.39, 0.29) is 11.4 Å². The van der Waals surface area contributed by atoms with Crippen LogP contribution in [0.2, 0.25) is 5.02 Å². The zero-order valence-corrected chi connectivity index (χ0v) is 12.6. The third-order valence-electron chi connectivity index (χ3n) is 3.79. The highest BCUT2D eigenvalue weighted by atomic mass is 35.5. The molecule has 1 aliphatic rings. The maximum Gasteiger partial charge on any atom is 0.145 e. The largest absolute Gasteiger partial charge is 0.387 e. The van der Waals surface area contributed by atoms with Gasteiger partial charge >= 0.3 is 0 Å². The van der Waals surface area contributed by atoms with Crippen molar-refractivity contribution in [2.45, 2.75) is 38.2 Å². The Kier molecular flexibility index (Phi) is 4.11. The summed E-state index contributed by atoms with van der Waals surface area (Å²) in [6.45, 7) is 0. The van der Waals surface area contributed by atoms with Gasteiger partial charge < -0.3 is 5.11 Å². The lowest BCUT2D eigenvalue weighted by molar-refractivity contribution is 0.181. The lowest BCUT2D eigenvalue weighted by Gasteiger charge is -2.10. The summed E-state index contributed by atoms with van der Waals surface area (Å²) in [5.74, 6) is -0.422. The van der Waals surface area contributed by atoms with E-state index < -0.39 is 11.9 Å². The Morgan fingerprint density at radius 2 is 2.10 bits per heavy atom. The summed E-state index contributed by atoms with van der Waals surface area (Å²) < 4.78 is 13.9. The predicted octanol–water partition coefficient (Wildman–Crippen LogP) is 4.70. The normalized spacial score (nSPS) is 15.9. The van der Waals surface area contributed by atoms with Gasteiger partial charge in [-0.15, -0.1) is 11.3 Å². The first-order valence-electron chi connectivity index (χ1n) is 6.87. The summed E-state index contributed by atoms with van der Waals surface area (Å²) in [7, 11) is 0. The lowest BCUT2D eigenvalue weighted by Crippen LogP contribution is -2.02. The highest BCUT2D eigenvalue weighted by Crippen LogP contribution is 2.34. The van der Waals surface area contributed by atoms with Crippen molar-refractivity contribution < 1.29 is 9.50 Å². The Balaban J connectivity index is 1.80. The molecule has 3 rings (SSSR count). The molecule has 1 nitrogen and oxygen atoms in total. The van der Waals surface area contributed by atoms with Crippen molar-refractivity contribution in [1.82, 2.24) is 0 Å². The van der Waals surface area contributed by atoms with Gasteiger partial charge in [0.2, 0.25) is 0 Å². The van der Waals surface area contributed by atoms with Gasteiger partial charge in [-0.2, -0.15) is 0 Å². The number of benzene rings is 1. The van der Waals surface area contributed by atoms with Crippen LogP contribution in [0.3, 0.4) is 0 Å². The molecule has 0 fully saturated rings. The van der Waals surface area contributed by atoms with Crippen LogP contribution >= 0.6 is 22.9 Å². The number of rotatable bonds is 3. The molecule has 1 unspecified atom stereocenters. The number of hydrogen-bond acceptors (Lipinski definition) is 2. The van der Waals surface area contributed by atoms with E-state index >= 15 is 0 Å². The van der Waals surface area contributed by atoms with Crippen molar-refractivity contribution in [2.24, 2.45) is 0 Å². The zero-order valence-electron chi connectivity index (χ0n) is 11.0. The van der Waals surface area contributed by atoms with Gasteiger partial charge in [-0.1, -0.05) is 23.7 Å². The Bertz CT molecular complexity index is 599. The van der Waals surface area contributed by atoms with E-state index in [1.165, 1.54) is 29.3 Å². The molecule has 1 aromatic carbocycles. The zero-order chi connectivity index (χ0) is 14.1. The van der Waals surface area contributed by atoms with E-state index in [9.17, 15) is 9.50 Å². The van der Waals surface area contributed by atoms with Crippen molar-refractivity contribution >= 4 is 22.9 Å². The SMILES string of the molecule is OC(Cc1cccc(Cl)c1F)c1cc2c(s1)CCCC2. The van der Waals surface area contributed by atoms with Gasteiger partial charge in [0.15, 0.2) is 0 Å². The molecule has 1 aliphatic carbocycles. The molecule has 0 saturated carbocycles. The van der Waals surface area contributed by atoms with E-state index in [0.717, 1.165) is 17.7 Å². The Morgan fingerprint density at radius 1 is 1.30 bits per heavy atom. The summed E-state index contributed by atoms with van der Waals surface area (Å²) in [5, 5.41) is 10.5. The van der Waals surface area contributed by atoms with Crippen LogP contribution in [0, 0.1) is 5.82 Å². The molecule has 1 aromatic heterocycles. The molecule has 1 N–H and O–H groups in total. The molecule has 0 saturated heterocycles. The monoisotopic (exact) mass is 310 g/mol. The Labute approximate surface area is 127 Å². The maximum atomic E-state index is 13.9. The van der Waals surface area contributed by atoms with E-state index in [2.05, 4.69) is 6.07 Å². The minimum Gasteiger partial charge on any atom is -0.387 e. The minimum atomic E-state index is -0.654. The van der Waals surface area contributed by atoms with Crippen LogP contribution in [0.15, 0.2) is 24.3 Å². The van der Waals surface area contributed by atoms with E-state index in [0.29, 0.717) is 5.56 Å². The Hall–Kier alpha value is -0.900. The molecule has 1 atom stereocenters. The summed E-state index contributed by atoms with van der Waals surface area (Å²) in [5.41, 5.74) is 1.83. The minimum absolute atomic E-state index is 0.111. The quantitative estimate of drug-likeness (QED) is 0.871. The van der Waals surface area contributed by atoms with Gasteiger partial charge in [0.05, 0.1) is 11.1 Å². The standard InChI is InChI=1S/C16H16ClFOS/c17-12-6-3-5-11(16(12)18)8-13(19)15-9-10-4-1-2-7-14(10)20-15/h3,5-6,9,13,19H,1-2,4,7-8H2. The van der Waals surface area contributed by atoms with Crippen LogP contribution in [-0.4, -0.2) is 5.11 Å². The van der Waals surface area contributed by atoms with Crippen molar-refractivity contribution in [1.29, 1.82) is 0 Å². The number of thiophene rings is 1. The molecule has 0 spiro atoms. The van der Waals surface area contributed by atoms with Crippen LogP contribution in [0.25, 0.3) is 0 Å². The Morgan fingerprint density at radius 3 is 2.90 bits per heavy atom. The summed E-state index contributed by atoms with van der Waals surface area (Å²) in [4.78, 5) is 2.33. The second-order valence-corrected chi connectivity index (χ2v) is 6.81. The van der Waals surface area contributed by atoms with E-state index in [1.54, 1.807) is 23.5 Å². The molecular formula is C16H16ClFOS. The average Bonchev–Trinajstić information content (AvgIpc) is 2.88. The molecular weight excluding hydrogens is 295 g/mol. The molecule has 0 amide bonds. The smallest absolute Gasteiger partial charge is 0.145 e. The highest BCUT2D eigenvalue weighted by molar-refractivity contribution is 7.12. The summed E-state index contributed by atoms with van der Waals surface area (Å²) >= 11 is 7.44. The van der Waals surface area contributed by atoms with Crippen LogP contribution in [-0.2, 0) is 19.3 Å². The topological polar surface area (TPSA) is 20.2 Å². The average molecular weight is 311 g/mol. The van der Waals surface area contributed by atoms with Crippen LogP contribution in [0.5, 0.6) is 0 Å². The first kappa shape index (κ1) is 14.1. The molecule has 0 radical (unpaired) electrons. The first-order valence-corrected chi connectivity index (χ1v) is 8.07. The van der Waals surface area contributed by atoms with Crippen molar-refractivity contribution in [3.05, 3.63) is 56.0 Å². The molecule has 0 bridgehead atoms. The van der Waals surface area contributed by atoms with Gasteiger partial charge in [-0.25, -0.2) is 4.39 Å². The second-order valence-electron chi connectivity index (χ2n) is 5.24. The fourth-order valence-corrected chi connectivity index (χ4v) is 4.13. The highest BCUT2D eigenvalue weighted by Gasteiger charge is 2.19. The molecule has 1 heterocycles.